The monoisotopic (exact) mass is 263 g/mol. The summed E-state index contributed by atoms with van der Waals surface area (Å²) in [4.78, 5) is 15.3. The quantitative estimate of drug-likeness (QED) is 0.840. The fraction of sp³-hybridized carbons (Fsp3) is 0.467. The third-order valence-corrected chi connectivity index (χ3v) is 3.75. The van der Waals surface area contributed by atoms with E-state index in [9.17, 15) is 9.18 Å². The first kappa shape index (κ1) is 13.7. The van der Waals surface area contributed by atoms with Crippen molar-refractivity contribution in [3.05, 3.63) is 29.7 Å². The molecule has 1 aromatic rings. The van der Waals surface area contributed by atoms with Crippen LogP contribution in [-0.4, -0.2) is 17.9 Å². The minimum atomic E-state index is -0.347. The summed E-state index contributed by atoms with van der Waals surface area (Å²) in [7, 11) is 1.51. The second-order valence-corrected chi connectivity index (χ2v) is 5.07. The van der Waals surface area contributed by atoms with Crippen LogP contribution in [0.15, 0.2) is 18.3 Å². The number of halogens is 1. The third kappa shape index (κ3) is 2.83. The zero-order valence-corrected chi connectivity index (χ0v) is 11.4. The van der Waals surface area contributed by atoms with E-state index in [4.69, 9.17) is 4.74 Å². The summed E-state index contributed by atoms with van der Waals surface area (Å²) in [5.41, 5.74) is 1.46. The van der Waals surface area contributed by atoms with Crippen LogP contribution in [0.4, 0.5) is 4.39 Å². The molecule has 102 valence electrons. The van der Waals surface area contributed by atoms with Gasteiger partial charge < -0.3 is 4.74 Å². The predicted octanol–water partition coefficient (Wildman–Crippen LogP) is 3.25. The normalized spacial score (nSPS) is 22.8. The van der Waals surface area contributed by atoms with E-state index in [0.29, 0.717) is 24.3 Å². The molecule has 3 nitrogen and oxygen atoms in total. The van der Waals surface area contributed by atoms with E-state index in [1.807, 2.05) is 13.0 Å². The molecule has 0 fully saturated rings. The molecule has 0 radical (unpaired) electrons. The third-order valence-electron chi connectivity index (χ3n) is 3.75. The van der Waals surface area contributed by atoms with Gasteiger partial charge in [-0.05, 0) is 31.3 Å². The molecule has 2 atom stereocenters. The van der Waals surface area contributed by atoms with Crippen molar-refractivity contribution in [3.63, 3.8) is 0 Å². The molecule has 0 N–H and O–H groups in total. The smallest absolute Gasteiger partial charge is 0.213 e. The Kier molecular flexibility index (Phi) is 3.98. The van der Waals surface area contributed by atoms with Crippen molar-refractivity contribution in [1.82, 2.24) is 4.98 Å². The molecule has 1 aromatic heterocycles. The largest absolute Gasteiger partial charge is 0.481 e. The highest BCUT2D eigenvalue weighted by molar-refractivity contribution is 5.80. The number of aromatic nitrogens is 1. The van der Waals surface area contributed by atoms with Crippen molar-refractivity contribution in [1.29, 1.82) is 0 Å². The number of carbonyl (C=O) groups excluding carboxylic acids is 1. The average molecular weight is 263 g/mol. The predicted molar refractivity (Wildman–Crippen MR) is 71.3 cm³/mol. The minimum absolute atomic E-state index is 0.0514. The van der Waals surface area contributed by atoms with Gasteiger partial charge in [-0.1, -0.05) is 13.0 Å². The number of hydrogen-bond donors (Lipinski definition) is 0. The number of methoxy groups -OCH3 is 1. The molecule has 1 heterocycles. The van der Waals surface area contributed by atoms with Gasteiger partial charge in [-0.2, -0.15) is 0 Å². The standard InChI is InChI=1S/C15H18FNO2/c1-9-6-11(4-5-12(9)10(2)18)13-7-15(19-3)17-8-14(13)16/h4,7-9,12H,5-6H2,1-3H3. The van der Waals surface area contributed by atoms with E-state index < -0.39 is 0 Å². The van der Waals surface area contributed by atoms with E-state index in [2.05, 4.69) is 4.98 Å². The lowest BCUT2D eigenvalue weighted by Crippen LogP contribution is -2.22. The average Bonchev–Trinajstić information content (AvgIpc) is 2.38. The van der Waals surface area contributed by atoms with Gasteiger partial charge in [-0.15, -0.1) is 0 Å². The molecule has 0 aliphatic heterocycles. The number of pyridine rings is 1. The Morgan fingerprint density at radius 3 is 2.84 bits per heavy atom. The van der Waals surface area contributed by atoms with Gasteiger partial charge in [0.15, 0.2) is 0 Å². The maximum absolute atomic E-state index is 13.8. The van der Waals surface area contributed by atoms with Crippen LogP contribution in [0.1, 0.15) is 32.3 Å². The molecular weight excluding hydrogens is 245 g/mol. The fourth-order valence-electron chi connectivity index (χ4n) is 2.64. The van der Waals surface area contributed by atoms with Gasteiger partial charge in [0.1, 0.15) is 11.6 Å². The molecule has 0 saturated carbocycles. The van der Waals surface area contributed by atoms with Gasteiger partial charge in [-0.3, -0.25) is 4.79 Å². The van der Waals surface area contributed by atoms with E-state index in [-0.39, 0.29) is 23.4 Å². The highest BCUT2D eigenvalue weighted by Gasteiger charge is 2.27. The van der Waals surface area contributed by atoms with Crippen LogP contribution in [0.3, 0.4) is 0 Å². The van der Waals surface area contributed by atoms with Gasteiger partial charge >= 0.3 is 0 Å². The molecule has 2 rings (SSSR count). The van der Waals surface area contributed by atoms with Crippen LogP contribution in [0.25, 0.3) is 5.57 Å². The van der Waals surface area contributed by atoms with Gasteiger partial charge in [0, 0.05) is 17.5 Å². The first-order valence-corrected chi connectivity index (χ1v) is 6.42. The Balaban J connectivity index is 2.31. The van der Waals surface area contributed by atoms with E-state index in [0.717, 1.165) is 5.57 Å². The number of allylic oxidation sites excluding steroid dienone is 2. The van der Waals surface area contributed by atoms with Gasteiger partial charge in [0.2, 0.25) is 5.88 Å². The number of Topliss-reactive ketones (excluding diaryl/α,β-unsaturated/α-hetero) is 1. The molecule has 1 aliphatic carbocycles. The Bertz CT molecular complexity index is 525. The molecule has 0 bridgehead atoms. The minimum Gasteiger partial charge on any atom is -0.481 e. The highest BCUT2D eigenvalue weighted by Crippen LogP contribution is 2.36. The van der Waals surface area contributed by atoms with Crippen LogP contribution >= 0.6 is 0 Å². The lowest BCUT2D eigenvalue weighted by molar-refractivity contribution is -0.122. The number of ether oxygens (including phenoxy) is 1. The van der Waals surface area contributed by atoms with Crippen LogP contribution in [-0.2, 0) is 4.79 Å². The maximum atomic E-state index is 13.8. The Morgan fingerprint density at radius 2 is 2.26 bits per heavy atom. The van der Waals surface area contributed by atoms with Crippen LogP contribution in [0, 0.1) is 17.7 Å². The number of hydrogen-bond acceptors (Lipinski definition) is 3. The van der Waals surface area contributed by atoms with E-state index in [1.165, 1.54) is 13.3 Å². The van der Waals surface area contributed by atoms with Crippen molar-refractivity contribution in [3.8, 4) is 5.88 Å². The van der Waals surface area contributed by atoms with Crippen molar-refractivity contribution in [2.45, 2.75) is 26.7 Å². The molecule has 4 heteroatoms. The van der Waals surface area contributed by atoms with Gasteiger partial charge in [0.05, 0.1) is 13.3 Å². The van der Waals surface area contributed by atoms with Crippen molar-refractivity contribution in [2.24, 2.45) is 11.8 Å². The van der Waals surface area contributed by atoms with Crippen LogP contribution in [0.5, 0.6) is 5.88 Å². The SMILES string of the molecule is COc1cc(C2=CCC(C(C)=O)C(C)C2)c(F)cn1. The van der Waals surface area contributed by atoms with E-state index in [1.54, 1.807) is 13.0 Å². The Morgan fingerprint density at radius 1 is 1.53 bits per heavy atom. The lowest BCUT2D eigenvalue weighted by Gasteiger charge is -2.27. The summed E-state index contributed by atoms with van der Waals surface area (Å²) in [6, 6.07) is 1.61. The summed E-state index contributed by atoms with van der Waals surface area (Å²) >= 11 is 0. The summed E-state index contributed by atoms with van der Waals surface area (Å²) in [5.74, 6) is 0.543. The zero-order chi connectivity index (χ0) is 14.0. The number of ketones is 1. The molecule has 1 aliphatic rings. The first-order chi connectivity index (χ1) is 9.02. The van der Waals surface area contributed by atoms with Crippen LogP contribution < -0.4 is 4.74 Å². The second kappa shape index (κ2) is 5.51. The Hall–Kier alpha value is -1.71. The molecule has 0 aromatic carbocycles. The Labute approximate surface area is 112 Å². The molecule has 0 amide bonds. The van der Waals surface area contributed by atoms with Crippen molar-refractivity contribution >= 4 is 11.4 Å². The maximum Gasteiger partial charge on any atom is 0.213 e. The van der Waals surface area contributed by atoms with Crippen molar-refractivity contribution < 1.29 is 13.9 Å². The molecule has 19 heavy (non-hydrogen) atoms. The highest BCUT2D eigenvalue weighted by atomic mass is 19.1. The molecular formula is C15H18FNO2. The van der Waals surface area contributed by atoms with Gasteiger partial charge in [-0.25, -0.2) is 9.37 Å². The number of rotatable bonds is 3. The molecule has 0 spiro atoms. The summed E-state index contributed by atoms with van der Waals surface area (Å²) in [6.45, 7) is 3.66. The fourth-order valence-corrected chi connectivity index (χ4v) is 2.64. The summed E-state index contributed by atoms with van der Waals surface area (Å²) in [5, 5.41) is 0. The van der Waals surface area contributed by atoms with Gasteiger partial charge in [0.25, 0.3) is 0 Å². The van der Waals surface area contributed by atoms with Crippen molar-refractivity contribution in [2.75, 3.05) is 7.11 Å². The first-order valence-electron chi connectivity index (χ1n) is 6.42. The number of carbonyl (C=O) groups is 1. The zero-order valence-electron chi connectivity index (χ0n) is 11.4. The summed E-state index contributed by atoms with van der Waals surface area (Å²) < 4.78 is 18.9. The number of nitrogens with zero attached hydrogens (tertiary/aromatic N) is 1. The topological polar surface area (TPSA) is 39.2 Å². The van der Waals surface area contributed by atoms with Crippen LogP contribution in [0.2, 0.25) is 0 Å². The molecule has 2 unspecified atom stereocenters. The van der Waals surface area contributed by atoms with E-state index >= 15 is 0 Å². The second-order valence-electron chi connectivity index (χ2n) is 5.07. The lowest BCUT2D eigenvalue weighted by atomic mass is 9.77. The summed E-state index contributed by atoms with van der Waals surface area (Å²) in [6.07, 6.45) is 4.52. The molecule has 0 saturated heterocycles.